The number of methoxy groups -OCH3 is 1. The van der Waals surface area contributed by atoms with Gasteiger partial charge in [-0.2, -0.15) is 10.4 Å². The molecule has 0 aliphatic heterocycles. The summed E-state index contributed by atoms with van der Waals surface area (Å²) in [5.41, 5.74) is 2.23. The zero-order chi connectivity index (χ0) is 15.4. The second-order valence-corrected chi connectivity index (χ2v) is 4.43. The van der Waals surface area contributed by atoms with Gasteiger partial charge in [0.25, 0.3) is 0 Å². The lowest BCUT2D eigenvalue weighted by Gasteiger charge is -2.08. The first kappa shape index (κ1) is 14.5. The molecule has 0 saturated carbocycles. The first-order valence-corrected chi connectivity index (χ1v) is 6.20. The Morgan fingerprint density at radius 1 is 1.52 bits per heavy atom. The van der Waals surface area contributed by atoms with Gasteiger partial charge in [-0.05, 0) is 18.6 Å². The summed E-state index contributed by atoms with van der Waals surface area (Å²) in [5.74, 6) is -0.557. The third-order valence-corrected chi connectivity index (χ3v) is 3.11. The van der Waals surface area contributed by atoms with E-state index in [0.29, 0.717) is 23.4 Å². The van der Waals surface area contributed by atoms with Gasteiger partial charge in [0.1, 0.15) is 6.07 Å². The van der Waals surface area contributed by atoms with E-state index in [1.54, 1.807) is 36.0 Å². The lowest BCUT2D eigenvalue weighted by molar-refractivity contribution is 0.0600. The highest BCUT2D eigenvalue weighted by Gasteiger charge is 2.15. The molecule has 2 aromatic rings. The van der Waals surface area contributed by atoms with Gasteiger partial charge in [-0.1, -0.05) is 12.1 Å². The highest BCUT2D eigenvalue weighted by atomic mass is 16.5. The van der Waals surface area contributed by atoms with Crippen LogP contribution in [0.3, 0.4) is 0 Å². The van der Waals surface area contributed by atoms with Gasteiger partial charge in [-0.3, -0.25) is 9.48 Å². The fourth-order valence-electron chi connectivity index (χ4n) is 2.05. The molecule has 21 heavy (non-hydrogen) atoms. The number of aromatic nitrogens is 2. The lowest BCUT2D eigenvalue weighted by atomic mass is 10.0. The molecule has 0 aliphatic carbocycles. The Morgan fingerprint density at radius 2 is 2.29 bits per heavy atom. The number of aryl methyl sites for hydroxylation is 1. The van der Waals surface area contributed by atoms with Crippen molar-refractivity contribution in [2.24, 2.45) is 0 Å². The van der Waals surface area contributed by atoms with E-state index < -0.39 is 5.97 Å². The fourth-order valence-corrected chi connectivity index (χ4v) is 2.05. The van der Waals surface area contributed by atoms with E-state index in [-0.39, 0.29) is 11.1 Å². The third kappa shape index (κ3) is 2.82. The van der Waals surface area contributed by atoms with Crippen LogP contribution in [0.15, 0.2) is 24.4 Å². The summed E-state index contributed by atoms with van der Waals surface area (Å²) in [7, 11) is 1.27. The van der Waals surface area contributed by atoms with E-state index >= 15 is 0 Å². The van der Waals surface area contributed by atoms with E-state index in [1.807, 2.05) is 6.07 Å². The highest BCUT2D eigenvalue weighted by molar-refractivity contribution is 5.92. The van der Waals surface area contributed by atoms with Crippen molar-refractivity contribution in [1.82, 2.24) is 9.78 Å². The molecule has 1 aromatic carbocycles. The molecule has 0 radical (unpaired) electrons. The molecular weight excluding hydrogens is 270 g/mol. The third-order valence-electron chi connectivity index (χ3n) is 3.11. The Bertz CT molecular complexity index is 741. The largest absolute Gasteiger partial charge is 0.465 e. The summed E-state index contributed by atoms with van der Waals surface area (Å²) < 4.78 is 6.23. The van der Waals surface area contributed by atoms with Crippen molar-refractivity contribution in [3.63, 3.8) is 0 Å². The summed E-state index contributed by atoms with van der Waals surface area (Å²) >= 11 is 0. The predicted molar refractivity (Wildman–Crippen MR) is 74.0 cm³/mol. The van der Waals surface area contributed by atoms with Gasteiger partial charge in [0.2, 0.25) is 0 Å². The van der Waals surface area contributed by atoms with Crippen LogP contribution in [0.2, 0.25) is 0 Å². The number of rotatable bonds is 4. The van der Waals surface area contributed by atoms with Crippen molar-refractivity contribution in [1.29, 1.82) is 5.26 Å². The Hall–Kier alpha value is -2.94. The van der Waals surface area contributed by atoms with E-state index in [2.05, 4.69) is 9.84 Å². The molecule has 1 heterocycles. The Labute approximate surface area is 121 Å². The Morgan fingerprint density at radius 3 is 2.86 bits per heavy atom. The van der Waals surface area contributed by atoms with Crippen LogP contribution in [0.1, 0.15) is 37.5 Å². The monoisotopic (exact) mass is 283 g/mol. The van der Waals surface area contributed by atoms with Crippen molar-refractivity contribution in [3.8, 4) is 6.07 Å². The smallest absolute Gasteiger partial charge is 0.339 e. The standard InChI is InChI=1S/C15H13N3O3/c1-10-12(9-19)8-18(17-10)7-11-4-3-5-13(14(11)6-16)15(20)21-2/h3-5,8-9H,7H2,1-2H3. The minimum absolute atomic E-state index is 0.219. The van der Waals surface area contributed by atoms with Crippen molar-refractivity contribution in [3.05, 3.63) is 52.3 Å². The first-order valence-electron chi connectivity index (χ1n) is 6.20. The minimum Gasteiger partial charge on any atom is -0.465 e. The summed E-state index contributed by atoms with van der Waals surface area (Å²) in [6.45, 7) is 2.03. The van der Waals surface area contributed by atoms with Crippen LogP contribution in [-0.4, -0.2) is 29.1 Å². The molecule has 0 N–H and O–H groups in total. The predicted octanol–water partition coefficient (Wildman–Crippen LogP) is 1.71. The SMILES string of the molecule is COC(=O)c1cccc(Cn2cc(C=O)c(C)n2)c1C#N. The zero-order valence-corrected chi connectivity index (χ0v) is 11.7. The maximum atomic E-state index is 11.7. The van der Waals surface area contributed by atoms with E-state index in [1.165, 1.54) is 7.11 Å². The van der Waals surface area contributed by atoms with Gasteiger partial charge < -0.3 is 4.74 Å². The van der Waals surface area contributed by atoms with Crippen LogP contribution >= 0.6 is 0 Å². The number of aldehydes is 1. The van der Waals surface area contributed by atoms with Crippen LogP contribution in [0, 0.1) is 18.3 Å². The van der Waals surface area contributed by atoms with E-state index in [0.717, 1.165) is 6.29 Å². The molecule has 106 valence electrons. The normalized spacial score (nSPS) is 9.95. The van der Waals surface area contributed by atoms with Gasteiger partial charge in [0.05, 0.1) is 36.0 Å². The van der Waals surface area contributed by atoms with Crippen molar-refractivity contribution < 1.29 is 14.3 Å². The maximum Gasteiger partial charge on any atom is 0.339 e. The highest BCUT2D eigenvalue weighted by Crippen LogP contribution is 2.17. The van der Waals surface area contributed by atoms with Crippen LogP contribution in [0.5, 0.6) is 0 Å². The molecule has 0 saturated heterocycles. The number of hydrogen-bond donors (Lipinski definition) is 0. The number of nitriles is 1. The number of nitrogens with zero attached hydrogens (tertiary/aromatic N) is 3. The molecule has 0 fully saturated rings. The maximum absolute atomic E-state index is 11.7. The number of benzene rings is 1. The quantitative estimate of drug-likeness (QED) is 0.630. The average molecular weight is 283 g/mol. The second kappa shape index (κ2) is 6.01. The minimum atomic E-state index is -0.557. The summed E-state index contributed by atoms with van der Waals surface area (Å²) in [5, 5.41) is 13.5. The fraction of sp³-hybridized carbons (Fsp3) is 0.200. The number of hydrogen-bond acceptors (Lipinski definition) is 5. The molecule has 0 atom stereocenters. The summed E-state index contributed by atoms with van der Waals surface area (Å²) in [6.07, 6.45) is 2.34. The van der Waals surface area contributed by atoms with Gasteiger partial charge in [-0.15, -0.1) is 0 Å². The lowest BCUT2D eigenvalue weighted by Crippen LogP contribution is -2.09. The van der Waals surface area contributed by atoms with Gasteiger partial charge in [0, 0.05) is 6.20 Å². The van der Waals surface area contributed by atoms with E-state index in [4.69, 9.17) is 0 Å². The van der Waals surface area contributed by atoms with Crippen molar-refractivity contribution >= 4 is 12.3 Å². The van der Waals surface area contributed by atoms with Crippen LogP contribution in [0.25, 0.3) is 0 Å². The molecule has 6 nitrogen and oxygen atoms in total. The summed E-state index contributed by atoms with van der Waals surface area (Å²) in [4.78, 5) is 22.5. The number of carbonyl (C=O) groups excluding carboxylic acids is 2. The van der Waals surface area contributed by atoms with Crippen LogP contribution < -0.4 is 0 Å². The molecule has 0 aliphatic rings. The molecule has 0 amide bonds. The molecule has 0 unspecified atom stereocenters. The van der Waals surface area contributed by atoms with Crippen LogP contribution in [0.4, 0.5) is 0 Å². The van der Waals surface area contributed by atoms with Crippen molar-refractivity contribution in [2.45, 2.75) is 13.5 Å². The number of ether oxygens (including phenoxy) is 1. The number of carbonyl (C=O) groups is 2. The van der Waals surface area contributed by atoms with Crippen molar-refractivity contribution in [2.75, 3.05) is 7.11 Å². The molecule has 6 heteroatoms. The topological polar surface area (TPSA) is 85.0 Å². The Balaban J connectivity index is 2.42. The first-order chi connectivity index (χ1) is 10.1. The average Bonchev–Trinajstić information content (AvgIpc) is 2.85. The second-order valence-electron chi connectivity index (χ2n) is 4.43. The molecular formula is C15H13N3O3. The Kier molecular flexibility index (Phi) is 4.14. The van der Waals surface area contributed by atoms with Crippen LogP contribution in [-0.2, 0) is 11.3 Å². The molecule has 2 rings (SSSR count). The molecule has 0 bridgehead atoms. The molecule has 1 aromatic heterocycles. The van der Waals surface area contributed by atoms with Gasteiger partial charge in [-0.25, -0.2) is 4.79 Å². The molecule has 0 spiro atoms. The number of esters is 1. The van der Waals surface area contributed by atoms with Gasteiger partial charge in [0.15, 0.2) is 6.29 Å². The summed E-state index contributed by atoms with van der Waals surface area (Å²) in [6, 6.07) is 6.98. The van der Waals surface area contributed by atoms with Gasteiger partial charge >= 0.3 is 5.97 Å². The zero-order valence-electron chi connectivity index (χ0n) is 11.7. The van der Waals surface area contributed by atoms with E-state index in [9.17, 15) is 14.9 Å².